The molecular weight excluding hydrogens is 455 g/mol. The van der Waals surface area contributed by atoms with E-state index in [0.717, 1.165) is 18.8 Å². The lowest BCUT2D eigenvalue weighted by molar-refractivity contribution is 0.306. The van der Waals surface area contributed by atoms with E-state index in [2.05, 4.69) is 39.9 Å². The van der Waals surface area contributed by atoms with Crippen molar-refractivity contribution >= 4 is 20.9 Å². The van der Waals surface area contributed by atoms with E-state index in [1.807, 2.05) is 19.2 Å². The monoisotopic (exact) mass is 511 g/mol. The van der Waals surface area contributed by atoms with Crippen molar-refractivity contribution in [1.29, 1.82) is 0 Å². The van der Waals surface area contributed by atoms with Crippen LogP contribution in [0.4, 0.5) is 0 Å². The summed E-state index contributed by atoms with van der Waals surface area (Å²) in [6.45, 7) is 12.3. The smallest absolute Gasteiger partial charge is 0.186 e. The van der Waals surface area contributed by atoms with Gasteiger partial charge in [-0.25, -0.2) is 0 Å². The van der Waals surface area contributed by atoms with Crippen molar-refractivity contribution in [2.75, 3.05) is 32.2 Å². The highest BCUT2D eigenvalue weighted by Crippen LogP contribution is 2.61. The summed E-state index contributed by atoms with van der Waals surface area (Å²) in [5.41, 5.74) is 0. The van der Waals surface area contributed by atoms with Crippen molar-refractivity contribution in [2.45, 2.75) is 117 Å². The van der Waals surface area contributed by atoms with Gasteiger partial charge in [-0.3, -0.25) is 0 Å². The molecule has 1 aromatic rings. The number of aromatic hydroxyl groups is 1. The summed E-state index contributed by atoms with van der Waals surface area (Å²) in [6, 6.07) is 7.20. The fourth-order valence-corrected chi connectivity index (χ4v) is 11.2. The first kappa shape index (κ1) is 31.5. The molecule has 198 valence electrons. The van der Waals surface area contributed by atoms with Gasteiger partial charge in [0.25, 0.3) is 0 Å². The molecule has 0 aliphatic carbocycles. The van der Waals surface area contributed by atoms with Crippen LogP contribution in [0.25, 0.3) is 0 Å². The van der Waals surface area contributed by atoms with E-state index in [1.165, 1.54) is 100 Å². The van der Waals surface area contributed by atoms with Crippen molar-refractivity contribution in [3.8, 4) is 11.5 Å². The number of benzene rings is 1. The maximum atomic E-state index is 10.4. The fraction of sp³-hybridized carbons (Fsp3) is 0.793. The van der Waals surface area contributed by atoms with Crippen LogP contribution in [0, 0.1) is 0 Å². The van der Waals surface area contributed by atoms with Gasteiger partial charge in [0, 0.05) is 13.2 Å². The van der Waals surface area contributed by atoms with Crippen molar-refractivity contribution in [2.24, 2.45) is 0 Å². The third-order valence-corrected chi connectivity index (χ3v) is 14.8. The zero-order chi connectivity index (χ0) is 25.3. The predicted octanol–water partition coefficient (Wildman–Crippen LogP) is 9.01. The SMILES string of the molecule is CCCC[P+](CCCC)(CCCC)c1cc(O)ccc1OCCCCCCCC[Si](C)(C)OC. The van der Waals surface area contributed by atoms with Gasteiger partial charge in [-0.05, 0) is 57.0 Å². The molecule has 0 spiro atoms. The van der Waals surface area contributed by atoms with Gasteiger partial charge < -0.3 is 14.3 Å². The van der Waals surface area contributed by atoms with Gasteiger partial charge >= 0.3 is 0 Å². The second-order valence-corrected chi connectivity index (χ2v) is 19.3. The lowest BCUT2D eigenvalue weighted by Gasteiger charge is -2.29. The Morgan fingerprint density at radius 1 is 0.765 bits per heavy atom. The Hall–Kier alpha value is -0.573. The first-order valence-electron chi connectivity index (χ1n) is 14.2. The van der Waals surface area contributed by atoms with Crippen LogP contribution in [-0.2, 0) is 4.43 Å². The molecule has 0 bridgehead atoms. The van der Waals surface area contributed by atoms with Crippen LogP contribution in [0.1, 0.15) is 97.8 Å². The molecular formula is C29H56O3PSi+. The molecule has 0 heterocycles. The van der Waals surface area contributed by atoms with Gasteiger partial charge in [-0.15, -0.1) is 0 Å². The minimum atomic E-state index is -1.38. The number of hydrogen-bond donors (Lipinski definition) is 1. The molecule has 1 aromatic carbocycles. The molecule has 0 fully saturated rings. The maximum absolute atomic E-state index is 10.4. The first-order chi connectivity index (χ1) is 16.3. The Kier molecular flexibility index (Phi) is 16.5. The molecule has 0 aromatic heterocycles. The largest absolute Gasteiger partial charge is 0.508 e. The summed E-state index contributed by atoms with van der Waals surface area (Å²) < 4.78 is 12.1. The van der Waals surface area contributed by atoms with E-state index in [1.54, 1.807) is 0 Å². The molecule has 1 rings (SSSR count). The van der Waals surface area contributed by atoms with Crippen LogP contribution < -0.4 is 10.0 Å². The minimum absolute atomic E-state index is 0.399. The Balaban J connectivity index is 2.70. The Labute approximate surface area is 213 Å². The lowest BCUT2D eigenvalue weighted by atomic mass is 10.1. The zero-order valence-corrected chi connectivity index (χ0v) is 25.4. The standard InChI is InChI=1S/C29H55O3PSi/c1-7-10-22-33(23-11-8-2,24-12-9-3)29-26-27(30)19-20-28(29)32-21-17-15-13-14-16-18-25-34(5,6)31-4/h19-20,26H,7-18,21-25H2,1-6H3/p+1. The number of phenolic OH excluding ortho intramolecular Hbond substituents is 1. The van der Waals surface area contributed by atoms with Crippen LogP contribution in [-0.4, -0.2) is 45.6 Å². The summed E-state index contributed by atoms with van der Waals surface area (Å²) >= 11 is 0. The molecule has 3 nitrogen and oxygen atoms in total. The predicted molar refractivity (Wildman–Crippen MR) is 156 cm³/mol. The Morgan fingerprint density at radius 3 is 1.82 bits per heavy atom. The zero-order valence-electron chi connectivity index (χ0n) is 23.5. The van der Waals surface area contributed by atoms with Crippen LogP contribution in [0.3, 0.4) is 0 Å². The second kappa shape index (κ2) is 17.8. The van der Waals surface area contributed by atoms with Gasteiger partial charge in [-0.2, -0.15) is 0 Å². The highest BCUT2D eigenvalue weighted by molar-refractivity contribution is 7.83. The van der Waals surface area contributed by atoms with Gasteiger partial charge in [0.1, 0.15) is 11.1 Å². The third kappa shape index (κ3) is 11.9. The topological polar surface area (TPSA) is 38.7 Å². The summed E-state index contributed by atoms with van der Waals surface area (Å²) in [5.74, 6) is 1.46. The second-order valence-electron chi connectivity index (χ2n) is 10.7. The van der Waals surface area contributed by atoms with E-state index in [4.69, 9.17) is 9.16 Å². The molecule has 0 radical (unpaired) electrons. The normalized spacial score (nSPS) is 12.3. The number of unbranched alkanes of at least 4 members (excludes halogenated alkanes) is 8. The van der Waals surface area contributed by atoms with Crippen molar-refractivity contribution in [3.63, 3.8) is 0 Å². The van der Waals surface area contributed by atoms with Crippen LogP contribution in [0.15, 0.2) is 18.2 Å². The van der Waals surface area contributed by atoms with Crippen LogP contribution in [0.2, 0.25) is 19.1 Å². The summed E-state index contributed by atoms with van der Waals surface area (Å²) in [6.07, 6.45) is 19.0. The lowest BCUT2D eigenvalue weighted by Crippen LogP contribution is -2.27. The average Bonchev–Trinajstić information content (AvgIpc) is 2.83. The average molecular weight is 512 g/mol. The van der Waals surface area contributed by atoms with Gasteiger partial charge in [0.15, 0.2) is 14.1 Å². The van der Waals surface area contributed by atoms with Crippen molar-refractivity contribution in [1.82, 2.24) is 0 Å². The quantitative estimate of drug-likeness (QED) is 0.102. The highest BCUT2D eigenvalue weighted by Gasteiger charge is 2.41. The fourth-order valence-electron chi connectivity index (χ4n) is 4.72. The molecule has 0 aliphatic heterocycles. The molecule has 1 N–H and O–H groups in total. The summed E-state index contributed by atoms with van der Waals surface area (Å²) in [5, 5.41) is 11.8. The van der Waals surface area contributed by atoms with Gasteiger partial charge in [0.2, 0.25) is 0 Å². The van der Waals surface area contributed by atoms with Gasteiger partial charge in [0.05, 0.1) is 32.4 Å². The number of ether oxygens (including phenoxy) is 1. The van der Waals surface area contributed by atoms with E-state index >= 15 is 0 Å². The summed E-state index contributed by atoms with van der Waals surface area (Å²) in [7, 11) is -0.857. The molecule has 0 unspecified atom stereocenters. The molecule has 5 heteroatoms. The van der Waals surface area contributed by atoms with Crippen molar-refractivity contribution < 1.29 is 14.3 Å². The maximum Gasteiger partial charge on any atom is 0.186 e. The third-order valence-electron chi connectivity index (χ3n) is 7.26. The van der Waals surface area contributed by atoms with E-state index in [0.29, 0.717) is 5.75 Å². The van der Waals surface area contributed by atoms with E-state index in [-0.39, 0.29) is 0 Å². The van der Waals surface area contributed by atoms with E-state index < -0.39 is 15.6 Å². The molecule has 0 saturated heterocycles. The van der Waals surface area contributed by atoms with E-state index in [9.17, 15) is 5.11 Å². The van der Waals surface area contributed by atoms with Crippen LogP contribution in [0.5, 0.6) is 11.5 Å². The molecule has 0 aliphatic rings. The number of hydrogen-bond acceptors (Lipinski definition) is 3. The Morgan fingerprint density at radius 2 is 1.29 bits per heavy atom. The number of rotatable bonds is 21. The summed E-state index contributed by atoms with van der Waals surface area (Å²) in [4.78, 5) is 0. The van der Waals surface area contributed by atoms with Crippen molar-refractivity contribution in [3.05, 3.63) is 18.2 Å². The Bertz CT molecular complexity index is 628. The molecule has 0 saturated carbocycles. The molecule has 0 amide bonds. The first-order valence-corrected chi connectivity index (χ1v) is 19.7. The molecule has 34 heavy (non-hydrogen) atoms. The number of phenols is 1. The highest BCUT2D eigenvalue weighted by atomic mass is 31.2. The minimum Gasteiger partial charge on any atom is -0.508 e. The molecule has 0 atom stereocenters. The van der Waals surface area contributed by atoms with Gasteiger partial charge in [-0.1, -0.05) is 72.1 Å². The van der Waals surface area contributed by atoms with Crippen LogP contribution >= 0.6 is 7.26 Å².